The molecule has 2 aromatic carbocycles. The number of aromatic nitrogens is 3. The zero-order valence-corrected chi connectivity index (χ0v) is 14.7. The second-order valence-electron chi connectivity index (χ2n) is 5.44. The van der Waals surface area contributed by atoms with Crippen LogP contribution in [0.5, 0.6) is 11.5 Å². The number of rotatable bonds is 5. The summed E-state index contributed by atoms with van der Waals surface area (Å²) >= 11 is 5.28. The number of hydrogen-bond acceptors (Lipinski definition) is 5. The molecule has 0 aliphatic carbocycles. The lowest BCUT2D eigenvalue weighted by molar-refractivity contribution is 0.318. The van der Waals surface area contributed by atoms with E-state index in [0.29, 0.717) is 23.0 Å². The summed E-state index contributed by atoms with van der Waals surface area (Å²) in [6.45, 7) is 4.35. The molecule has 2 N–H and O–H groups in total. The number of ether oxygens (including phenoxy) is 1. The first-order chi connectivity index (χ1) is 12.1. The van der Waals surface area contributed by atoms with E-state index in [0.717, 1.165) is 16.7 Å². The third kappa shape index (κ3) is 3.77. The Kier molecular flexibility index (Phi) is 4.95. The molecule has 0 fully saturated rings. The van der Waals surface area contributed by atoms with Crippen LogP contribution in [0.2, 0.25) is 0 Å². The summed E-state index contributed by atoms with van der Waals surface area (Å²) in [6, 6.07) is 13.0. The van der Waals surface area contributed by atoms with E-state index < -0.39 is 0 Å². The topological polar surface area (TPSA) is 75.4 Å². The highest BCUT2D eigenvalue weighted by atomic mass is 32.1. The molecule has 0 aliphatic heterocycles. The summed E-state index contributed by atoms with van der Waals surface area (Å²) in [5.74, 6) is 1.15. The van der Waals surface area contributed by atoms with Gasteiger partial charge in [0.15, 0.2) is 17.3 Å². The maximum atomic E-state index is 9.77. The van der Waals surface area contributed by atoms with E-state index >= 15 is 0 Å². The van der Waals surface area contributed by atoms with E-state index in [1.54, 1.807) is 29.1 Å². The van der Waals surface area contributed by atoms with E-state index in [9.17, 15) is 5.11 Å². The molecule has 0 aliphatic rings. The predicted octanol–water partition coefficient (Wildman–Crippen LogP) is 3.90. The third-order valence-corrected chi connectivity index (χ3v) is 3.80. The van der Waals surface area contributed by atoms with Crippen LogP contribution in [-0.4, -0.2) is 32.8 Å². The second-order valence-corrected chi connectivity index (χ2v) is 5.83. The highest BCUT2D eigenvalue weighted by Gasteiger charge is 2.08. The van der Waals surface area contributed by atoms with E-state index in [4.69, 9.17) is 17.0 Å². The molecule has 1 heterocycles. The molecule has 0 unspecified atom stereocenters. The van der Waals surface area contributed by atoms with E-state index in [2.05, 4.69) is 15.3 Å². The number of phenolic OH excluding ortho intramolecular Hbond substituents is 1. The number of nitrogens with zero attached hydrogens (tertiary/aromatic N) is 3. The number of aromatic hydroxyl groups is 1. The van der Waals surface area contributed by atoms with Gasteiger partial charge in [0.1, 0.15) is 0 Å². The summed E-state index contributed by atoms with van der Waals surface area (Å²) in [5, 5.41) is 21.2. The van der Waals surface area contributed by atoms with Gasteiger partial charge in [-0.2, -0.15) is 14.9 Å². The van der Waals surface area contributed by atoms with E-state index in [-0.39, 0.29) is 5.75 Å². The quantitative estimate of drug-likeness (QED) is 0.538. The molecule has 6 nitrogen and oxygen atoms in total. The molecule has 25 heavy (non-hydrogen) atoms. The lowest BCUT2D eigenvalue weighted by atomic mass is 10.1. The fourth-order valence-corrected chi connectivity index (χ4v) is 2.56. The minimum Gasteiger partial charge on any atom is -0.504 e. The fourth-order valence-electron chi connectivity index (χ4n) is 2.38. The van der Waals surface area contributed by atoms with Crippen molar-refractivity contribution in [3.8, 4) is 22.9 Å². The molecule has 128 valence electrons. The van der Waals surface area contributed by atoms with Crippen molar-refractivity contribution in [3.63, 3.8) is 0 Å². The van der Waals surface area contributed by atoms with Gasteiger partial charge in [-0.15, -0.1) is 0 Å². The van der Waals surface area contributed by atoms with Gasteiger partial charge in [-0.05, 0) is 55.9 Å². The monoisotopic (exact) mass is 354 g/mol. The lowest BCUT2D eigenvalue weighted by Crippen LogP contribution is -1.96. The first kappa shape index (κ1) is 16.9. The van der Waals surface area contributed by atoms with Crippen molar-refractivity contribution in [1.82, 2.24) is 14.9 Å². The first-order valence-corrected chi connectivity index (χ1v) is 8.24. The summed E-state index contributed by atoms with van der Waals surface area (Å²) in [6.07, 6.45) is 1.65. The van der Waals surface area contributed by atoms with Crippen LogP contribution in [0.4, 0.5) is 0 Å². The van der Waals surface area contributed by atoms with Gasteiger partial charge in [0, 0.05) is 5.56 Å². The lowest BCUT2D eigenvalue weighted by Gasteiger charge is -2.06. The molecule has 0 bridgehead atoms. The Morgan fingerprint density at radius 2 is 2.16 bits per heavy atom. The van der Waals surface area contributed by atoms with E-state index in [1.807, 2.05) is 38.1 Å². The zero-order valence-electron chi connectivity index (χ0n) is 13.9. The Morgan fingerprint density at radius 3 is 2.92 bits per heavy atom. The van der Waals surface area contributed by atoms with Crippen LogP contribution in [0.25, 0.3) is 11.4 Å². The smallest absolute Gasteiger partial charge is 0.216 e. The number of benzene rings is 2. The number of nitrogens with one attached hydrogen (secondary N) is 1. The maximum Gasteiger partial charge on any atom is 0.216 e. The fraction of sp³-hybridized carbons (Fsp3) is 0.167. The number of H-pyrrole nitrogens is 1. The highest BCUT2D eigenvalue weighted by Crippen LogP contribution is 2.26. The van der Waals surface area contributed by atoms with Crippen molar-refractivity contribution < 1.29 is 9.84 Å². The van der Waals surface area contributed by atoms with Crippen LogP contribution in [0.1, 0.15) is 18.1 Å². The molecule has 1 aromatic heterocycles. The van der Waals surface area contributed by atoms with Crippen molar-refractivity contribution in [2.75, 3.05) is 6.61 Å². The highest BCUT2D eigenvalue weighted by molar-refractivity contribution is 7.71. The third-order valence-electron chi connectivity index (χ3n) is 3.53. The molecule has 0 radical (unpaired) electrons. The summed E-state index contributed by atoms with van der Waals surface area (Å²) in [4.78, 5) is 0. The summed E-state index contributed by atoms with van der Waals surface area (Å²) in [7, 11) is 0. The van der Waals surface area contributed by atoms with Crippen molar-refractivity contribution in [2.45, 2.75) is 13.8 Å². The normalized spacial score (nSPS) is 11.1. The van der Waals surface area contributed by atoms with Gasteiger partial charge in [-0.3, -0.25) is 0 Å². The SMILES string of the molecule is CCOc1cc(/C=N/n2c(-c3cccc(C)c3)n[nH]c2=S)ccc1O. The average molecular weight is 354 g/mol. The Labute approximate surface area is 150 Å². The van der Waals surface area contributed by atoms with Crippen LogP contribution >= 0.6 is 12.2 Å². The van der Waals surface area contributed by atoms with Gasteiger partial charge in [0.25, 0.3) is 0 Å². The van der Waals surface area contributed by atoms with Gasteiger partial charge in [-0.1, -0.05) is 23.8 Å². The molecule has 0 atom stereocenters. The van der Waals surface area contributed by atoms with Crippen LogP contribution in [0, 0.1) is 11.7 Å². The number of aromatic amines is 1. The molecule has 3 aromatic rings. The summed E-state index contributed by atoms with van der Waals surface area (Å²) < 4.78 is 7.35. The van der Waals surface area contributed by atoms with Crippen molar-refractivity contribution in [1.29, 1.82) is 0 Å². The van der Waals surface area contributed by atoms with Crippen LogP contribution < -0.4 is 4.74 Å². The molecule has 0 saturated heterocycles. The molecule has 0 saturated carbocycles. The van der Waals surface area contributed by atoms with E-state index in [1.165, 1.54) is 0 Å². The molecule has 7 heteroatoms. The van der Waals surface area contributed by atoms with Gasteiger partial charge in [0.2, 0.25) is 4.77 Å². The molecule has 0 spiro atoms. The van der Waals surface area contributed by atoms with Gasteiger partial charge >= 0.3 is 0 Å². The van der Waals surface area contributed by atoms with Crippen LogP contribution in [-0.2, 0) is 0 Å². The maximum absolute atomic E-state index is 9.77. The Hall–Kier alpha value is -2.93. The Bertz CT molecular complexity index is 975. The van der Waals surface area contributed by atoms with Crippen molar-refractivity contribution >= 4 is 18.4 Å². The van der Waals surface area contributed by atoms with Gasteiger partial charge < -0.3 is 9.84 Å². The Morgan fingerprint density at radius 1 is 1.32 bits per heavy atom. The van der Waals surface area contributed by atoms with Gasteiger partial charge in [-0.25, -0.2) is 5.10 Å². The molecule has 0 amide bonds. The zero-order chi connectivity index (χ0) is 17.8. The average Bonchev–Trinajstić information content (AvgIpc) is 2.96. The van der Waals surface area contributed by atoms with Crippen LogP contribution in [0.15, 0.2) is 47.6 Å². The standard InChI is InChI=1S/C18H18N4O2S/c1-3-24-16-10-13(7-8-15(16)23)11-19-22-17(20-21-18(22)25)14-6-4-5-12(2)9-14/h4-11,23H,3H2,1-2H3,(H,21,25)/b19-11+. The number of aryl methyl sites for hydroxylation is 1. The largest absolute Gasteiger partial charge is 0.504 e. The predicted molar refractivity (Wildman–Crippen MR) is 99.9 cm³/mol. The van der Waals surface area contributed by atoms with Crippen LogP contribution in [0.3, 0.4) is 0 Å². The first-order valence-electron chi connectivity index (χ1n) is 7.83. The molecular formula is C18H18N4O2S. The number of hydrogen-bond donors (Lipinski definition) is 2. The minimum absolute atomic E-state index is 0.0966. The van der Waals surface area contributed by atoms with Gasteiger partial charge in [0.05, 0.1) is 12.8 Å². The van der Waals surface area contributed by atoms with Crippen molar-refractivity contribution in [2.24, 2.45) is 5.10 Å². The number of phenols is 1. The molecular weight excluding hydrogens is 336 g/mol. The minimum atomic E-state index is 0.0966. The second kappa shape index (κ2) is 7.31. The van der Waals surface area contributed by atoms with Crippen molar-refractivity contribution in [3.05, 3.63) is 58.4 Å². The Balaban J connectivity index is 1.96. The summed E-state index contributed by atoms with van der Waals surface area (Å²) in [5.41, 5.74) is 2.83. The molecule has 3 rings (SSSR count).